The van der Waals surface area contributed by atoms with Crippen molar-refractivity contribution in [3.05, 3.63) is 76.4 Å². The van der Waals surface area contributed by atoms with Gasteiger partial charge in [0.1, 0.15) is 0 Å². The predicted molar refractivity (Wildman–Crippen MR) is 96.4 cm³/mol. The average molecular weight is 290 g/mol. The average Bonchev–Trinajstić information content (AvgIpc) is 2.56. The summed E-state index contributed by atoms with van der Waals surface area (Å²) in [6.07, 6.45) is 10.4. The molecule has 2 aromatic rings. The number of rotatable bonds is 4. The fraction of sp³-hybridized carbons (Fsp3) is 0.364. The van der Waals surface area contributed by atoms with Crippen LogP contribution in [0.4, 0.5) is 0 Å². The SMILES string of the molecule is C/C=C/c1ccc(C2CCc3cc(CCC)ccc3C2)cc1. The van der Waals surface area contributed by atoms with Gasteiger partial charge in [-0.3, -0.25) is 0 Å². The summed E-state index contributed by atoms with van der Waals surface area (Å²) in [6.45, 7) is 4.33. The second-order valence-electron chi connectivity index (χ2n) is 6.46. The minimum atomic E-state index is 0.684. The highest BCUT2D eigenvalue weighted by Gasteiger charge is 2.20. The molecule has 1 unspecified atom stereocenters. The Bertz CT molecular complexity index is 646. The van der Waals surface area contributed by atoms with Crippen LogP contribution in [0.1, 0.15) is 60.4 Å². The van der Waals surface area contributed by atoms with E-state index in [2.05, 4.69) is 68.5 Å². The summed E-state index contributed by atoms with van der Waals surface area (Å²) in [5, 5.41) is 0. The van der Waals surface area contributed by atoms with Crippen LogP contribution in [-0.4, -0.2) is 0 Å². The smallest absolute Gasteiger partial charge is 0.0118 e. The van der Waals surface area contributed by atoms with E-state index in [1.807, 2.05) is 0 Å². The summed E-state index contributed by atoms with van der Waals surface area (Å²) in [6, 6.07) is 16.3. The monoisotopic (exact) mass is 290 g/mol. The summed E-state index contributed by atoms with van der Waals surface area (Å²) in [4.78, 5) is 0. The van der Waals surface area contributed by atoms with Gasteiger partial charge in [-0.1, -0.05) is 68.0 Å². The molecule has 1 aliphatic carbocycles. The van der Waals surface area contributed by atoms with Gasteiger partial charge in [0.15, 0.2) is 0 Å². The lowest BCUT2D eigenvalue weighted by atomic mass is 9.79. The van der Waals surface area contributed by atoms with Crippen molar-refractivity contribution in [1.29, 1.82) is 0 Å². The van der Waals surface area contributed by atoms with E-state index in [0.29, 0.717) is 5.92 Å². The highest BCUT2D eigenvalue weighted by molar-refractivity contribution is 5.49. The Balaban J connectivity index is 1.76. The molecule has 0 nitrogen and oxygen atoms in total. The standard InChI is InChI=1S/C22H26/c1-3-5-17-7-10-19(11-8-17)21-14-13-20-15-18(6-4-2)9-12-22(20)16-21/h3,5,7-12,15,21H,4,6,13-14,16H2,1-2H3/b5-3+. The van der Waals surface area contributed by atoms with Crippen molar-refractivity contribution < 1.29 is 0 Å². The molecule has 0 spiro atoms. The molecule has 0 saturated carbocycles. The van der Waals surface area contributed by atoms with E-state index in [1.165, 1.54) is 48.8 Å². The first-order chi connectivity index (χ1) is 10.8. The topological polar surface area (TPSA) is 0 Å². The molecule has 1 aliphatic rings. The molecule has 0 saturated heterocycles. The van der Waals surface area contributed by atoms with Crippen LogP contribution in [0.25, 0.3) is 6.08 Å². The maximum Gasteiger partial charge on any atom is -0.0118 e. The molecule has 0 radical (unpaired) electrons. The van der Waals surface area contributed by atoms with Gasteiger partial charge in [-0.15, -0.1) is 0 Å². The number of hydrogen-bond acceptors (Lipinski definition) is 0. The summed E-state index contributed by atoms with van der Waals surface area (Å²) >= 11 is 0. The Labute approximate surface area is 134 Å². The summed E-state index contributed by atoms with van der Waals surface area (Å²) in [5.74, 6) is 0.684. The Morgan fingerprint density at radius 3 is 2.59 bits per heavy atom. The van der Waals surface area contributed by atoms with Gasteiger partial charge >= 0.3 is 0 Å². The molecule has 0 bridgehead atoms. The first kappa shape index (κ1) is 15.1. The van der Waals surface area contributed by atoms with E-state index in [-0.39, 0.29) is 0 Å². The second kappa shape index (κ2) is 6.96. The fourth-order valence-electron chi connectivity index (χ4n) is 3.61. The minimum absolute atomic E-state index is 0.684. The molecular weight excluding hydrogens is 264 g/mol. The number of benzene rings is 2. The zero-order valence-corrected chi connectivity index (χ0v) is 13.8. The maximum absolute atomic E-state index is 2.45. The molecule has 3 rings (SSSR count). The molecule has 0 heteroatoms. The zero-order valence-electron chi connectivity index (χ0n) is 13.8. The number of aryl methyl sites for hydroxylation is 2. The molecule has 0 fully saturated rings. The van der Waals surface area contributed by atoms with Crippen molar-refractivity contribution >= 4 is 6.08 Å². The third-order valence-corrected chi connectivity index (χ3v) is 4.80. The highest BCUT2D eigenvalue weighted by Crippen LogP contribution is 2.33. The van der Waals surface area contributed by atoms with Gasteiger partial charge in [0.25, 0.3) is 0 Å². The third kappa shape index (κ3) is 3.32. The molecule has 0 aliphatic heterocycles. The van der Waals surface area contributed by atoms with Crippen LogP contribution in [0, 0.1) is 0 Å². The zero-order chi connectivity index (χ0) is 15.4. The quantitative estimate of drug-likeness (QED) is 0.653. The van der Waals surface area contributed by atoms with Crippen LogP contribution in [0.3, 0.4) is 0 Å². The van der Waals surface area contributed by atoms with E-state index in [4.69, 9.17) is 0 Å². The molecule has 0 amide bonds. The van der Waals surface area contributed by atoms with E-state index >= 15 is 0 Å². The number of allylic oxidation sites excluding steroid dienone is 1. The van der Waals surface area contributed by atoms with Gasteiger partial charge in [0, 0.05) is 0 Å². The van der Waals surface area contributed by atoms with E-state index in [0.717, 1.165) is 0 Å². The summed E-state index contributed by atoms with van der Waals surface area (Å²) in [5.41, 5.74) is 7.46. The van der Waals surface area contributed by atoms with Crippen LogP contribution >= 0.6 is 0 Å². The lowest BCUT2D eigenvalue weighted by Gasteiger charge is -2.25. The molecule has 2 aromatic carbocycles. The lowest BCUT2D eigenvalue weighted by Crippen LogP contribution is -2.13. The molecule has 0 N–H and O–H groups in total. The number of hydrogen-bond donors (Lipinski definition) is 0. The normalized spacial score (nSPS) is 17.6. The molecule has 0 heterocycles. The van der Waals surface area contributed by atoms with Crippen molar-refractivity contribution in [3.63, 3.8) is 0 Å². The minimum Gasteiger partial charge on any atom is -0.0871 e. The lowest BCUT2D eigenvalue weighted by molar-refractivity contribution is 0.584. The van der Waals surface area contributed by atoms with Crippen molar-refractivity contribution in [2.24, 2.45) is 0 Å². The molecule has 22 heavy (non-hydrogen) atoms. The van der Waals surface area contributed by atoms with Gasteiger partial charge in [-0.2, -0.15) is 0 Å². The number of fused-ring (bicyclic) bond motifs is 1. The van der Waals surface area contributed by atoms with Crippen LogP contribution in [0.2, 0.25) is 0 Å². The maximum atomic E-state index is 2.45. The molecule has 114 valence electrons. The highest BCUT2D eigenvalue weighted by atomic mass is 14.2. The van der Waals surface area contributed by atoms with Crippen LogP contribution < -0.4 is 0 Å². The Morgan fingerprint density at radius 1 is 1.05 bits per heavy atom. The predicted octanol–water partition coefficient (Wildman–Crippen LogP) is 5.94. The summed E-state index contributed by atoms with van der Waals surface area (Å²) < 4.78 is 0. The van der Waals surface area contributed by atoms with E-state index in [9.17, 15) is 0 Å². The largest absolute Gasteiger partial charge is 0.0871 e. The Morgan fingerprint density at radius 2 is 1.86 bits per heavy atom. The van der Waals surface area contributed by atoms with Crippen LogP contribution in [0.5, 0.6) is 0 Å². The van der Waals surface area contributed by atoms with Crippen molar-refractivity contribution in [3.8, 4) is 0 Å². The van der Waals surface area contributed by atoms with Gasteiger partial charge in [0.2, 0.25) is 0 Å². The van der Waals surface area contributed by atoms with Gasteiger partial charge in [0.05, 0.1) is 0 Å². The molecule has 1 atom stereocenters. The van der Waals surface area contributed by atoms with Crippen LogP contribution in [0.15, 0.2) is 48.5 Å². The van der Waals surface area contributed by atoms with Crippen LogP contribution in [-0.2, 0) is 19.3 Å². The van der Waals surface area contributed by atoms with Gasteiger partial charge < -0.3 is 0 Å². The fourth-order valence-corrected chi connectivity index (χ4v) is 3.61. The van der Waals surface area contributed by atoms with Crippen molar-refractivity contribution in [2.45, 2.75) is 51.9 Å². The summed E-state index contributed by atoms with van der Waals surface area (Å²) in [7, 11) is 0. The van der Waals surface area contributed by atoms with E-state index in [1.54, 1.807) is 11.1 Å². The Kier molecular flexibility index (Phi) is 4.77. The van der Waals surface area contributed by atoms with Crippen molar-refractivity contribution in [2.75, 3.05) is 0 Å². The van der Waals surface area contributed by atoms with Crippen molar-refractivity contribution in [1.82, 2.24) is 0 Å². The Hall–Kier alpha value is -1.82. The first-order valence-electron chi connectivity index (χ1n) is 8.63. The van der Waals surface area contributed by atoms with Gasteiger partial charge in [-0.25, -0.2) is 0 Å². The second-order valence-corrected chi connectivity index (χ2v) is 6.46. The van der Waals surface area contributed by atoms with E-state index < -0.39 is 0 Å². The molecular formula is C22H26. The van der Waals surface area contributed by atoms with Gasteiger partial charge in [-0.05, 0) is 66.3 Å². The molecule has 0 aromatic heterocycles. The third-order valence-electron chi connectivity index (χ3n) is 4.80. The first-order valence-corrected chi connectivity index (χ1v) is 8.63.